The molecule has 1 N–H and O–H groups in total. The molecular weight excluding hydrogens is 232 g/mol. The summed E-state index contributed by atoms with van der Waals surface area (Å²) in [5.41, 5.74) is 0. The lowest BCUT2D eigenvalue weighted by Crippen LogP contribution is -2.52. The van der Waals surface area contributed by atoms with Crippen molar-refractivity contribution < 1.29 is 4.79 Å². The molecule has 1 saturated heterocycles. The van der Waals surface area contributed by atoms with Gasteiger partial charge in [0.2, 0.25) is 0 Å². The van der Waals surface area contributed by atoms with Crippen LogP contribution in [0.2, 0.25) is 4.34 Å². The summed E-state index contributed by atoms with van der Waals surface area (Å²) >= 11 is 7.16. The molecule has 5 heteroatoms. The molecule has 0 bridgehead atoms. The summed E-state index contributed by atoms with van der Waals surface area (Å²) in [6.07, 6.45) is 0. The Hall–Kier alpha value is -0.580. The first kappa shape index (κ1) is 10.9. The molecule has 1 aromatic heterocycles. The van der Waals surface area contributed by atoms with Crippen molar-refractivity contribution in [2.45, 2.75) is 13.0 Å². The maximum absolute atomic E-state index is 12.1. The van der Waals surface area contributed by atoms with Crippen LogP contribution in [0.15, 0.2) is 12.1 Å². The Bertz CT molecular complexity index is 366. The number of rotatable bonds is 1. The van der Waals surface area contributed by atoms with Gasteiger partial charge in [0.15, 0.2) is 0 Å². The molecule has 1 aliphatic heterocycles. The maximum atomic E-state index is 12.1. The third kappa shape index (κ3) is 2.33. The Morgan fingerprint density at radius 3 is 3.07 bits per heavy atom. The van der Waals surface area contributed by atoms with Crippen molar-refractivity contribution in [3.05, 3.63) is 21.3 Å². The zero-order valence-corrected chi connectivity index (χ0v) is 10.1. The zero-order chi connectivity index (χ0) is 10.8. The van der Waals surface area contributed by atoms with Gasteiger partial charge < -0.3 is 10.2 Å². The summed E-state index contributed by atoms with van der Waals surface area (Å²) < 4.78 is 0.668. The van der Waals surface area contributed by atoms with E-state index in [2.05, 4.69) is 12.2 Å². The lowest BCUT2D eigenvalue weighted by atomic mass is 10.2. The van der Waals surface area contributed by atoms with Crippen LogP contribution in [0.3, 0.4) is 0 Å². The molecule has 1 amide bonds. The fourth-order valence-electron chi connectivity index (χ4n) is 1.71. The van der Waals surface area contributed by atoms with Gasteiger partial charge in [-0.2, -0.15) is 0 Å². The van der Waals surface area contributed by atoms with E-state index in [4.69, 9.17) is 11.6 Å². The number of carbonyl (C=O) groups excluding carboxylic acids is 1. The van der Waals surface area contributed by atoms with Gasteiger partial charge in [-0.15, -0.1) is 11.3 Å². The van der Waals surface area contributed by atoms with Crippen molar-refractivity contribution in [2.24, 2.45) is 0 Å². The molecule has 2 rings (SSSR count). The van der Waals surface area contributed by atoms with Crippen LogP contribution in [0.1, 0.15) is 16.6 Å². The lowest BCUT2D eigenvalue weighted by molar-refractivity contribution is 0.0661. The van der Waals surface area contributed by atoms with Crippen molar-refractivity contribution in [3.63, 3.8) is 0 Å². The number of nitrogens with zero attached hydrogens (tertiary/aromatic N) is 1. The molecule has 1 aromatic rings. The molecule has 3 nitrogen and oxygen atoms in total. The SMILES string of the molecule is C[C@H]1CNCCN1C(=O)c1ccc(Cl)s1. The largest absolute Gasteiger partial charge is 0.333 e. The number of halogens is 1. The van der Waals surface area contributed by atoms with Gasteiger partial charge in [-0.3, -0.25) is 4.79 Å². The van der Waals surface area contributed by atoms with Crippen LogP contribution in [0.5, 0.6) is 0 Å². The van der Waals surface area contributed by atoms with Crippen LogP contribution in [0, 0.1) is 0 Å². The summed E-state index contributed by atoms with van der Waals surface area (Å²) in [5, 5.41) is 3.26. The van der Waals surface area contributed by atoms with Crippen LogP contribution in [0.4, 0.5) is 0 Å². The summed E-state index contributed by atoms with van der Waals surface area (Å²) in [5.74, 6) is 0.0981. The molecule has 1 atom stereocenters. The molecular formula is C10H13ClN2OS. The number of amides is 1. The number of thiophene rings is 1. The smallest absolute Gasteiger partial charge is 0.264 e. The summed E-state index contributed by atoms with van der Waals surface area (Å²) in [7, 11) is 0. The molecule has 1 aliphatic rings. The van der Waals surface area contributed by atoms with E-state index in [1.807, 2.05) is 4.90 Å². The highest BCUT2D eigenvalue weighted by atomic mass is 35.5. The number of carbonyl (C=O) groups is 1. The average molecular weight is 245 g/mol. The Morgan fingerprint density at radius 2 is 2.47 bits per heavy atom. The third-order valence-corrected chi connectivity index (χ3v) is 3.77. The zero-order valence-electron chi connectivity index (χ0n) is 8.50. The third-order valence-electron chi connectivity index (χ3n) is 2.55. The molecule has 0 aliphatic carbocycles. The minimum Gasteiger partial charge on any atom is -0.333 e. The van der Waals surface area contributed by atoms with E-state index in [-0.39, 0.29) is 11.9 Å². The number of piperazine rings is 1. The van der Waals surface area contributed by atoms with E-state index < -0.39 is 0 Å². The van der Waals surface area contributed by atoms with Gasteiger partial charge in [-0.1, -0.05) is 11.6 Å². The van der Waals surface area contributed by atoms with Crippen LogP contribution < -0.4 is 5.32 Å². The van der Waals surface area contributed by atoms with Crippen LogP contribution in [0.25, 0.3) is 0 Å². The Kier molecular flexibility index (Phi) is 3.29. The van der Waals surface area contributed by atoms with Crippen molar-refractivity contribution >= 4 is 28.8 Å². The molecule has 82 valence electrons. The summed E-state index contributed by atoms with van der Waals surface area (Å²) in [4.78, 5) is 14.7. The molecule has 0 spiro atoms. The molecule has 0 radical (unpaired) electrons. The number of nitrogens with one attached hydrogen (secondary N) is 1. The highest BCUT2D eigenvalue weighted by Crippen LogP contribution is 2.23. The average Bonchev–Trinajstić information content (AvgIpc) is 2.65. The number of hydrogen-bond acceptors (Lipinski definition) is 3. The van der Waals surface area contributed by atoms with E-state index in [1.54, 1.807) is 12.1 Å². The van der Waals surface area contributed by atoms with Gasteiger partial charge in [-0.25, -0.2) is 0 Å². The van der Waals surface area contributed by atoms with Crippen LogP contribution >= 0.6 is 22.9 Å². The quantitative estimate of drug-likeness (QED) is 0.818. The first-order valence-electron chi connectivity index (χ1n) is 4.95. The first-order valence-corrected chi connectivity index (χ1v) is 6.15. The predicted molar refractivity (Wildman–Crippen MR) is 62.7 cm³/mol. The maximum Gasteiger partial charge on any atom is 0.264 e. The minimum atomic E-state index is 0.0981. The van der Waals surface area contributed by atoms with E-state index in [9.17, 15) is 4.79 Å². The van der Waals surface area contributed by atoms with Gasteiger partial charge in [0.25, 0.3) is 5.91 Å². The van der Waals surface area contributed by atoms with Gasteiger partial charge in [0.05, 0.1) is 9.21 Å². The van der Waals surface area contributed by atoms with Crippen LogP contribution in [-0.2, 0) is 0 Å². The first-order chi connectivity index (χ1) is 7.18. The van der Waals surface area contributed by atoms with Gasteiger partial charge in [0, 0.05) is 25.7 Å². The lowest BCUT2D eigenvalue weighted by Gasteiger charge is -2.33. The van der Waals surface area contributed by atoms with Crippen molar-refractivity contribution in [2.75, 3.05) is 19.6 Å². The second-order valence-corrected chi connectivity index (χ2v) is 5.37. The van der Waals surface area contributed by atoms with E-state index >= 15 is 0 Å². The van der Waals surface area contributed by atoms with Crippen molar-refractivity contribution in [1.82, 2.24) is 10.2 Å². The molecule has 15 heavy (non-hydrogen) atoms. The monoisotopic (exact) mass is 244 g/mol. The normalized spacial score (nSPS) is 21.7. The highest BCUT2D eigenvalue weighted by molar-refractivity contribution is 7.17. The summed E-state index contributed by atoms with van der Waals surface area (Å²) in [6.45, 7) is 4.56. The molecule has 2 heterocycles. The summed E-state index contributed by atoms with van der Waals surface area (Å²) in [6, 6.07) is 3.82. The van der Waals surface area contributed by atoms with Crippen LogP contribution in [-0.4, -0.2) is 36.5 Å². The van der Waals surface area contributed by atoms with Crippen molar-refractivity contribution in [1.29, 1.82) is 0 Å². The second-order valence-electron chi connectivity index (χ2n) is 3.66. The highest BCUT2D eigenvalue weighted by Gasteiger charge is 2.24. The molecule has 0 aromatic carbocycles. The Morgan fingerprint density at radius 1 is 1.67 bits per heavy atom. The molecule has 0 saturated carbocycles. The fourth-order valence-corrected chi connectivity index (χ4v) is 2.71. The van der Waals surface area contributed by atoms with E-state index in [1.165, 1.54) is 11.3 Å². The Balaban J connectivity index is 2.13. The standard InChI is InChI=1S/C10H13ClN2OS/c1-7-6-12-4-5-13(7)10(14)8-2-3-9(11)15-8/h2-3,7,12H,4-6H2,1H3/t7-/m0/s1. The van der Waals surface area contributed by atoms with E-state index in [0.29, 0.717) is 4.34 Å². The topological polar surface area (TPSA) is 32.3 Å². The molecule has 0 unspecified atom stereocenters. The minimum absolute atomic E-state index is 0.0981. The van der Waals surface area contributed by atoms with Gasteiger partial charge in [-0.05, 0) is 19.1 Å². The van der Waals surface area contributed by atoms with Crippen molar-refractivity contribution in [3.8, 4) is 0 Å². The predicted octanol–water partition coefficient (Wildman–Crippen LogP) is 1.84. The Labute approximate surface area is 98.0 Å². The fraction of sp³-hybridized carbons (Fsp3) is 0.500. The van der Waals surface area contributed by atoms with E-state index in [0.717, 1.165) is 24.5 Å². The molecule has 1 fully saturated rings. The van der Waals surface area contributed by atoms with Gasteiger partial charge >= 0.3 is 0 Å². The van der Waals surface area contributed by atoms with Gasteiger partial charge in [0.1, 0.15) is 0 Å². The second kappa shape index (κ2) is 4.51. The number of hydrogen-bond donors (Lipinski definition) is 1.